The van der Waals surface area contributed by atoms with Crippen molar-refractivity contribution in [2.24, 2.45) is 10.7 Å². The number of pyridine rings is 1. The number of hydrogen-bond acceptors (Lipinski definition) is 3. The topological polar surface area (TPSA) is 76.9 Å². The van der Waals surface area contributed by atoms with Crippen molar-refractivity contribution in [2.45, 2.75) is 6.54 Å². The zero-order valence-electron chi connectivity index (χ0n) is 12.5. The smallest absolute Gasteiger partial charge is 0.193 e. The Bertz CT molecular complexity index is 841. The number of anilines is 1. The summed E-state index contributed by atoms with van der Waals surface area (Å²) in [4.78, 5) is 8.81. The molecule has 7 heteroatoms. The van der Waals surface area contributed by atoms with E-state index in [2.05, 4.69) is 31.2 Å². The molecule has 0 aliphatic heterocycles. The third-order valence-electron chi connectivity index (χ3n) is 3.24. The molecule has 23 heavy (non-hydrogen) atoms. The second-order valence-electron chi connectivity index (χ2n) is 4.90. The van der Waals surface area contributed by atoms with Gasteiger partial charge in [-0.25, -0.2) is 9.98 Å². The van der Waals surface area contributed by atoms with E-state index >= 15 is 0 Å². The van der Waals surface area contributed by atoms with Crippen molar-refractivity contribution in [3.05, 3.63) is 59.0 Å². The second-order valence-corrected chi connectivity index (χ2v) is 5.82. The first-order valence-electron chi connectivity index (χ1n) is 6.98. The van der Waals surface area contributed by atoms with Gasteiger partial charge in [0.1, 0.15) is 11.4 Å². The molecule has 1 aromatic carbocycles. The molecule has 0 radical (unpaired) electrons. The quantitative estimate of drug-likeness (QED) is 0.544. The number of ether oxygens (including phenoxy) is 1. The van der Waals surface area contributed by atoms with E-state index in [1.54, 1.807) is 7.11 Å². The van der Waals surface area contributed by atoms with Crippen LogP contribution in [0.15, 0.2) is 58.3 Å². The Morgan fingerprint density at radius 3 is 2.78 bits per heavy atom. The van der Waals surface area contributed by atoms with E-state index in [1.807, 2.05) is 53.2 Å². The fourth-order valence-corrected chi connectivity index (χ4v) is 2.47. The largest absolute Gasteiger partial charge is 0.497 e. The van der Waals surface area contributed by atoms with Gasteiger partial charge in [0, 0.05) is 22.6 Å². The predicted octanol–water partition coefficient (Wildman–Crippen LogP) is 3.03. The Labute approximate surface area is 142 Å². The van der Waals surface area contributed by atoms with E-state index in [4.69, 9.17) is 10.5 Å². The highest BCUT2D eigenvalue weighted by Gasteiger charge is 2.02. The van der Waals surface area contributed by atoms with Gasteiger partial charge >= 0.3 is 0 Å². The first-order chi connectivity index (χ1) is 11.1. The Balaban J connectivity index is 1.67. The minimum absolute atomic E-state index is 0.341. The van der Waals surface area contributed by atoms with Crippen molar-refractivity contribution < 1.29 is 4.74 Å². The maximum atomic E-state index is 5.91. The molecule has 0 saturated carbocycles. The molecular formula is C16H16BrN5O. The van der Waals surface area contributed by atoms with Gasteiger partial charge in [-0.05, 0) is 52.3 Å². The summed E-state index contributed by atoms with van der Waals surface area (Å²) < 4.78 is 8.06. The monoisotopic (exact) mass is 373 g/mol. The molecule has 118 valence electrons. The summed E-state index contributed by atoms with van der Waals surface area (Å²) in [6.45, 7) is 0.411. The Morgan fingerprint density at radius 2 is 2.04 bits per heavy atom. The highest BCUT2D eigenvalue weighted by molar-refractivity contribution is 9.10. The molecular weight excluding hydrogens is 358 g/mol. The zero-order chi connectivity index (χ0) is 16.2. The van der Waals surface area contributed by atoms with Crippen LogP contribution < -0.4 is 15.8 Å². The third kappa shape index (κ3) is 3.81. The molecule has 3 aromatic rings. The number of hydrogen-bond donors (Lipinski definition) is 2. The summed E-state index contributed by atoms with van der Waals surface area (Å²) in [5.74, 6) is 1.13. The molecule has 0 saturated heterocycles. The van der Waals surface area contributed by atoms with Crippen LogP contribution in [0.2, 0.25) is 0 Å². The first-order valence-corrected chi connectivity index (χ1v) is 7.77. The van der Waals surface area contributed by atoms with Crippen molar-refractivity contribution in [3.63, 3.8) is 0 Å². The van der Waals surface area contributed by atoms with Gasteiger partial charge in [-0.1, -0.05) is 0 Å². The lowest BCUT2D eigenvalue weighted by atomic mass is 10.3. The van der Waals surface area contributed by atoms with Crippen LogP contribution in [0, 0.1) is 0 Å². The lowest BCUT2D eigenvalue weighted by Crippen LogP contribution is -2.22. The van der Waals surface area contributed by atoms with Gasteiger partial charge in [-0.15, -0.1) is 0 Å². The van der Waals surface area contributed by atoms with Gasteiger partial charge in [0.2, 0.25) is 0 Å². The number of benzene rings is 1. The molecule has 0 spiro atoms. The molecule has 0 aliphatic carbocycles. The summed E-state index contributed by atoms with van der Waals surface area (Å²) in [6, 6.07) is 11.4. The van der Waals surface area contributed by atoms with Crippen LogP contribution in [0.5, 0.6) is 5.75 Å². The number of aliphatic imine (C=N–C) groups is 1. The maximum Gasteiger partial charge on any atom is 0.193 e. The van der Waals surface area contributed by atoms with Crippen LogP contribution in [-0.4, -0.2) is 22.5 Å². The standard InChI is InChI=1S/C16H16BrN5O/c1-23-14-5-3-12(4-6-14)21-16(18)19-8-13-10-22-9-11(17)2-7-15(22)20-13/h2-7,9-10H,8H2,1H3,(H3,18,19,21). The van der Waals surface area contributed by atoms with Gasteiger partial charge in [0.05, 0.1) is 19.3 Å². The molecule has 0 fully saturated rings. The number of methoxy groups -OCH3 is 1. The normalized spacial score (nSPS) is 11.7. The molecule has 0 atom stereocenters. The van der Waals surface area contributed by atoms with Gasteiger partial charge in [0.25, 0.3) is 0 Å². The van der Waals surface area contributed by atoms with E-state index in [0.717, 1.165) is 27.3 Å². The molecule has 0 amide bonds. The van der Waals surface area contributed by atoms with Crippen molar-refractivity contribution in [1.82, 2.24) is 9.38 Å². The second kappa shape index (κ2) is 6.70. The number of fused-ring (bicyclic) bond motifs is 1. The Morgan fingerprint density at radius 1 is 1.26 bits per heavy atom. The molecule has 0 unspecified atom stereocenters. The van der Waals surface area contributed by atoms with Gasteiger partial charge in [0.15, 0.2) is 5.96 Å². The van der Waals surface area contributed by atoms with Crippen molar-refractivity contribution in [1.29, 1.82) is 0 Å². The average Bonchev–Trinajstić information content (AvgIpc) is 2.95. The van der Waals surface area contributed by atoms with Crippen LogP contribution in [0.4, 0.5) is 5.69 Å². The number of nitrogens with one attached hydrogen (secondary N) is 1. The number of nitrogens with two attached hydrogens (primary N) is 1. The summed E-state index contributed by atoms with van der Waals surface area (Å²) in [5.41, 5.74) is 8.49. The number of guanidine groups is 1. The Kier molecular flexibility index (Phi) is 4.47. The lowest BCUT2D eigenvalue weighted by molar-refractivity contribution is 0.415. The number of imidazole rings is 1. The van der Waals surface area contributed by atoms with Gasteiger partial charge in [-0.2, -0.15) is 0 Å². The summed E-state index contributed by atoms with van der Waals surface area (Å²) in [5, 5.41) is 3.04. The van der Waals surface area contributed by atoms with E-state index < -0.39 is 0 Å². The average molecular weight is 374 g/mol. The molecule has 0 bridgehead atoms. The van der Waals surface area contributed by atoms with E-state index in [-0.39, 0.29) is 0 Å². The summed E-state index contributed by atoms with van der Waals surface area (Å²) in [6.07, 6.45) is 3.89. The van der Waals surface area contributed by atoms with Crippen LogP contribution in [0.3, 0.4) is 0 Å². The molecule has 2 heterocycles. The SMILES string of the molecule is COc1ccc(NC(N)=NCc2cn3cc(Br)ccc3n2)cc1. The van der Waals surface area contributed by atoms with E-state index in [9.17, 15) is 0 Å². The number of nitrogens with zero attached hydrogens (tertiary/aromatic N) is 3. The highest BCUT2D eigenvalue weighted by Crippen LogP contribution is 2.15. The first kappa shape index (κ1) is 15.4. The van der Waals surface area contributed by atoms with Crippen LogP contribution in [-0.2, 0) is 6.54 Å². The molecule has 3 rings (SSSR count). The number of halogens is 1. The molecule has 3 N–H and O–H groups in total. The zero-order valence-corrected chi connectivity index (χ0v) is 14.1. The van der Waals surface area contributed by atoms with Gasteiger partial charge in [-0.3, -0.25) is 0 Å². The van der Waals surface area contributed by atoms with E-state index in [0.29, 0.717) is 12.5 Å². The summed E-state index contributed by atoms with van der Waals surface area (Å²) in [7, 11) is 1.63. The molecule has 0 aliphatic rings. The van der Waals surface area contributed by atoms with Crippen LogP contribution >= 0.6 is 15.9 Å². The fourth-order valence-electron chi connectivity index (χ4n) is 2.12. The van der Waals surface area contributed by atoms with Crippen molar-refractivity contribution in [2.75, 3.05) is 12.4 Å². The van der Waals surface area contributed by atoms with Gasteiger partial charge < -0.3 is 20.2 Å². The van der Waals surface area contributed by atoms with E-state index in [1.165, 1.54) is 0 Å². The summed E-state index contributed by atoms with van der Waals surface area (Å²) >= 11 is 3.44. The highest BCUT2D eigenvalue weighted by atomic mass is 79.9. The van der Waals surface area contributed by atoms with Crippen LogP contribution in [0.1, 0.15) is 5.69 Å². The maximum absolute atomic E-state index is 5.91. The predicted molar refractivity (Wildman–Crippen MR) is 94.8 cm³/mol. The molecule has 2 aromatic heterocycles. The minimum atomic E-state index is 0.341. The van der Waals surface area contributed by atoms with Crippen molar-refractivity contribution in [3.8, 4) is 5.75 Å². The third-order valence-corrected chi connectivity index (χ3v) is 3.71. The number of rotatable bonds is 4. The lowest BCUT2D eigenvalue weighted by Gasteiger charge is -2.06. The fraction of sp³-hybridized carbons (Fsp3) is 0.125. The molecule has 6 nitrogen and oxygen atoms in total. The minimum Gasteiger partial charge on any atom is -0.497 e. The Hall–Kier alpha value is -2.54. The van der Waals surface area contributed by atoms with Crippen molar-refractivity contribution >= 4 is 33.2 Å². The van der Waals surface area contributed by atoms with Crippen LogP contribution in [0.25, 0.3) is 5.65 Å². The number of aromatic nitrogens is 2.